The summed E-state index contributed by atoms with van der Waals surface area (Å²) in [7, 11) is 4.57. The smallest absolute Gasteiger partial charge is 0.0248 e. The van der Waals surface area contributed by atoms with Crippen LogP contribution >= 0.6 is 0 Å². The molecule has 0 aromatic heterocycles. The molecule has 0 aliphatic heterocycles. The van der Waals surface area contributed by atoms with Crippen LogP contribution in [0.25, 0.3) is 0 Å². The van der Waals surface area contributed by atoms with Gasteiger partial charge in [-0.15, -0.1) is 0 Å². The Morgan fingerprint density at radius 1 is 1.05 bits per heavy atom. The minimum Gasteiger partial charge on any atom is -0.315 e. The number of likely N-dealkylation sites (N-methyl/N-ethyl adjacent to an activating group) is 2. The molecule has 20 heavy (non-hydrogen) atoms. The highest BCUT2D eigenvalue weighted by Crippen LogP contribution is 2.61. The van der Waals surface area contributed by atoms with Gasteiger partial charge in [0.2, 0.25) is 0 Å². The van der Waals surface area contributed by atoms with Crippen molar-refractivity contribution in [3.05, 3.63) is 0 Å². The molecule has 0 amide bonds. The van der Waals surface area contributed by atoms with Gasteiger partial charge in [0.15, 0.2) is 0 Å². The second-order valence-electron chi connectivity index (χ2n) is 8.79. The normalized spacial score (nSPS) is 44.2. The average Bonchev–Trinajstić information content (AvgIpc) is 3.18. The van der Waals surface area contributed by atoms with Crippen LogP contribution < -0.4 is 5.32 Å². The Kier molecular flexibility index (Phi) is 3.38. The molecule has 1 N–H and O–H groups in total. The third kappa shape index (κ3) is 2.43. The second-order valence-corrected chi connectivity index (χ2v) is 8.79. The van der Waals surface area contributed by atoms with Crippen molar-refractivity contribution < 1.29 is 0 Å². The highest BCUT2D eigenvalue weighted by Gasteiger charge is 2.53. The zero-order chi connectivity index (χ0) is 13.7. The zero-order valence-corrected chi connectivity index (χ0v) is 13.4. The van der Waals surface area contributed by atoms with E-state index in [0.717, 1.165) is 29.7 Å². The van der Waals surface area contributed by atoms with Crippen molar-refractivity contribution in [2.24, 2.45) is 29.1 Å². The van der Waals surface area contributed by atoms with Crippen molar-refractivity contribution >= 4 is 0 Å². The van der Waals surface area contributed by atoms with Gasteiger partial charge in [-0.2, -0.15) is 0 Å². The molecular formula is C18H32N2. The van der Waals surface area contributed by atoms with E-state index in [2.05, 4.69) is 24.3 Å². The lowest BCUT2D eigenvalue weighted by Gasteiger charge is -2.60. The highest BCUT2D eigenvalue weighted by molar-refractivity contribution is 5.06. The van der Waals surface area contributed by atoms with Gasteiger partial charge in [0.25, 0.3) is 0 Å². The van der Waals surface area contributed by atoms with E-state index in [0.29, 0.717) is 5.41 Å². The highest BCUT2D eigenvalue weighted by atomic mass is 15.1. The monoisotopic (exact) mass is 276 g/mol. The molecule has 1 atom stereocenters. The summed E-state index contributed by atoms with van der Waals surface area (Å²) in [6.07, 6.45) is 12.2. The quantitative estimate of drug-likeness (QED) is 0.802. The molecule has 0 aromatic carbocycles. The molecule has 4 bridgehead atoms. The fourth-order valence-corrected chi connectivity index (χ4v) is 6.32. The molecule has 0 saturated heterocycles. The van der Waals surface area contributed by atoms with Gasteiger partial charge in [-0.25, -0.2) is 0 Å². The maximum atomic E-state index is 3.74. The van der Waals surface area contributed by atoms with Crippen LogP contribution in [0.5, 0.6) is 0 Å². The number of rotatable bonds is 6. The first kappa shape index (κ1) is 13.6. The first-order chi connectivity index (χ1) is 9.67. The molecule has 5 aliphatic carbocycles. The Labute approximate surface area is 124 Å². The molecule has 1 unspecified atom stereocenters. The fraction of sp³-hybridized carbons (Fsp3) is 1.00. The van der Waals surface area contributed by atoms with Crippen LogP contribution in [0, 0.1) is 29.1 Å². The van der Waals surface area contributed by atoms with Crippen LogP contribution in [0.15, 0.2) is 0 Å². The summed E-state index contributed by atoms with van der Waals surface area (Å²) in [5.41, 5.74) is 0.654. The third-order valence-electron chi connectivity index (χ3n) is 6.93. The first-order valence-corrected chi connectivity index (χ1v) is 9.02. The van der Waals surface area contributed by atoms with Crippen LogP contribution in [-0.4, -0.2) is 38.1 Å². The van der Waals surface area contributed by atoms with E-state index in [1.54, 1.807) is 19.3 Å². The van der Waals surface area contributed by atoms with Crippen LogP contribution in [0.2, 0.25) is 0 Å². The van der Waals surface area contributed by atoms with Gasteiger partial charge < -0.3 is 10.2 Å². The molecule has 2 nitrogen and oxygen atoms in total. The summed E-state index contributed by atoms with van der Waals surface area (Å²) >= 11 is 0. The van der Waals surface area contributed by atoms with Crippen molar-refractivity contribution in [1.29, 1.82) is 0 Å². The van der Waals surface area contributed by atoms with E-state index in [1.165, 1.54) is 45.2 Å². The Bertz CT molecular complexity index is 325. The molecule has 0 aromatic rings. The van der Waals surface area contributed by atoms with Crippen molar-refractivity contribution in [3.63, 3.8) is 0 Å². The number of hydrogen-bond acceptors (Lipinski definition) is 2. The Morgan fingerprint density at radius 2 is 1.60 bits per heavy atom. The largest absolute Gasteiger partial charge is 0.315 e. The topological polar surface area (TPSA) is 15.3 Å². The van der Waals surface area contributed by atoms with E-state index in [4.69, 9.17) is 0 Å². The van der Waals surface area contributed by atoms with Gasteiger partial charge in [-0.1, -0.05) is 0 Å². The Hall–Kier alpha value is -0.0800. The van der Waals surface area contributed by atoms with Gasteiger partial charge in [-0.3, -0.25) is 0 Å². The molecule has 5 rings (SSSR count). The number of nitrogens with one attached hydrogen (secondary N) is 1. The minimum absolute atomic E-state index is 0.654. The Morgan fingerprint density at radius 3 is 2.05 bits per heavy atom. The lowest BCUT2D eigenvalue weighted by molar-refractivity contribution is -0.0767. The predicted molar refractivity (Wildman–Crippen MR) is 83.7 cm³/mol. The van der Waals surface area contributed by atoms with Crippen LogP contribution in [-0.2, 0) is 0 Å². The van der Waals surface area contributed by atoms with E-state index >= 15 is 0 Å². The SMILES string of the molecule is CNC(CN(C)CC1CC1)C12CC3CC(CC(C3)C1)C2. The molecule has 2 heteroatoms. The second kappa shape index (κ2) is 4.98. The van der Waals surface area contributed by atoms with E-state index in [-0.39, 0.29) is 0 Å². The van der Waals surface area contributed by atoms with Crippen molar-refractivity contribution in [2.75, 3.05) is 27.2 Å². The molecule has 5 fully saturated rings. The molecule has 0 spiro atoms. The van der Waals surface area contributed by atoms with Crippen LogP contribution in [0.4, 0.5) is 0 Å². The van der Waals surface area contributed by atoms with Gasteiger partial charge in [-0.05, 0) is 94.5 Å². The van der Waals surface area contributed by atoms with Gasteiger partial charge in [0.1, 0.15) is 0 Å². The minimum atomic E-state index is 0.654. The van der Waals surface area contributed by atoms with Gasteiger partial charge in [0.05, 0.1) is 0 Å². The van der Waals surface area contributed by atoms with Gasteiger partial charge >= 0.3 is 0 Å². The Balaban J connectivity index is 1.45. The van der Waals surface area contributed by atoms with E-state index in [1.807, 2.05) is 0 Å². The summed E-state index contributed by atoms with van der Waals surface area (Å²) in [5, 5.41) is 3.74. The lowest BCUT2D eigenvalue weighted by Crippen LogP contribution is -2.58. The maximum absolute atomic E-state index is 3.74. The molecular weight excluding hydrogens is 244 g/mol. The summed E-state index contributed by atoms with van der Waals surface area (Å²) in [6, 6.07) is 0.736. The van der Waals surface area contributed by atoms with Crippen molar-refractivity contribution in [1.82, 2.24) is 10.2 Å². The fourth-order valence-electron chi connectivity index (χ4n) is 6.32. The molecule has 5 aliphatic rings. The third-order valence-corrected chi connectivity index (χ3v) is 6.93. The molecule has 0 radical (unpaired) electrons. The number of nitrogens with zero attached hydrogens (tertiary/aromatic N) is 1. The van der Waals surface area contributed by atoms with Crippen LogP contribution in [0.1, 0.15) is 51.4 Å². The van der Waals surface area contributed by atoms with E-state index < -0.39 is 0 Å². The van der Waals surface area contributed by atoms with Crippen molar-refractivity contribution in [2.45, 2.75) is 57.4 Å². The standard InChI is InChI=1S/C18H32N2/c1-19-17(12-20(2)11-13-3-4-13)18-8-14-5-15(9-18)7-16(6-14)10-18/h13-17,19H,3-12H2,1-2H3. The van der Waals surface area contributed by atoms with Crippen LogP contribution in [0.3, 0.4) is 0 Å². The summed E-state index contributed by atoms with van der Waals surface area (Å²) in [6.45, 7) is 2.61. The zero-order valence-electron chi connectivity index (χ0n) is 13.4. The molecule has 5 saturated carbocycles. The average molecular weight is 276 g/mol. The summed E-state index contributed by atoms with van der Waals surface area (Å²) < 4.78 is 0. The van der Waals surface area contributed by atoms with Crippen molar-refractivity contribution in [3.8, 4) is 0 Å². The summed E-state index contributed by atoms with van der Waals surface area (Å²) in [4.78, 5) is 2.62. The molecule has 0 heterocycles. The number of hydrogen-bond donors (Lipinski definition) is 1. The summed E-state index contributed by atoms with van der Waals surface area (Å²) in [5.74, 6) is 4.25. The predicted octanol–water partition coefficient (Wildman–Crippen LogP) is 3.13. The lowest BCUT2D eigenvalue weighted by atomic mass is 9.47. The maximum Gasteiger partial charge on any atom is 0.0248 e. The van der Waals surface area contributed by atoms with E-state index in [9.17, 15) is 0 Å². The van der Waals surface area contributed by atoms with Gasteiger partial charge in [0, 0.05) is 19.1 Å². The first-order valence-electron chi connectivity index (χ1n) is 9.02. The molecule has 114 valence electrons.